The molecule has 2 amide bonds. The van der Waals surface area contributed by atoms with Gasteiger partial charge in [-0.05, 0) is 32.4 Å². The zero-order valence-corrected chi connectivity index (χ0v) is 11.3. The van der Waals surface area contributed by atoms with E-state index in [1.807, 2.05) is 7.05 Å². The Morgan fingerprint density at radius 2 is 2.21 bits per heavy atom. The molecule has 0 aromatic heterocycles. The van der Waals surface area contributed by atoms with Crippen molar-refractivity contribution in [3.05, 3.63) is 0 Å². The van der Waals surface area contributed by atoms with Gasteiger partial charge in [-0.25, -0.2) is 9.59 Å². The first-order valence-electron chi connectivity index (χ1n) is 6.59. The van der Waals surface area contributed by atoms with Crippen LogP contribution < -0.4 is 10.6 Å². The van der Waals surface area contributed by atoms with Crippen LogP contribution in [0.4, 0.5) is 4.79 Å². The number of carbonyl (C=O) groups is 2. The van der Waals surface area contributed by atoms with E-state index in [2.05, 4.69) is 15.5 Å². The van der Waals surface area contributed by atoms with Gasteiger partial charge < -0.3 is 25.7 Å². The predicted molar refractivity (Wildman–Crippen MR) is 69.9 cm³/mol. The number of urea groups is 1. The molecule has 1 aliphatic rings. The summed E-state index contributed by atoms with van der Waals surface area (Å²) in [5.74, 6) is -0.729. The average molecular weight is 273 g/mol. The van der Waals surface area contributed by atoms with Crippen LogP contribution in [-0.4, -0.2) is 66.4 Å². The summed E-state index contributed by atoms with van der Waals surface area (Å²) in [5, 5.41) is 22.6. The highest BCUT2D eigenvalue weighted by atomic mass is 16.4. The fourth-order valence-electron chi connectivity index (χ4n) is 2.27. The molecule has 7 heteroatoms. The van der Waals surface area contributed by atoms with Gasteiger partial charge in [0.15, 0.2) is 0 Å². The first kappa shape index (κ1) is 15.7. The van der Waals surface area contributed by atoms with Gasteiger partial charge >= 0.3 is 12.0 Å². The number of hydrogen-bond donors (Lipinski definition) is 4. The van der Waals surface area contributed by atoms with Gasteiger partial charge in [-0.3, -0.25) is 0 Å². The van der Waals surface area contributed by atoms with E-state index in [4.69, 9.17) is 10.2 Å². The van der Waals surface area contributed by atoms with Crippen molar-refractivity contribution in [2.24, 2.45) is 5.92 Å². The fraction of sp³-hybridized carbons (Fsp3) is 0.833. The van der Waals surface area contributed by atoms with Crippen LogP contribution >= 0.6 is 0 Å². The maximum absolute atomic E-state index is 11.6. The van der Waals surface area contributed by atoms with Crippen LogP contribution in [0.5, 0.6) is 0 Å². The first-order chi connectivity index (χ1) is 9.02. The van der Waals surface area contributed by atoms with Crippen molar-refractivity contribution in [2.45, 2.75) is 25.3 Å². The van der Waals surface area contributed by atoms with E-state index in [1.54, 1.807) is 0 Å². The molecule has 0 aromatic carbocycles. The SMILES string of the molecule is CN1CCCC(CNC(=O)N[C@@H](CCO)C(=O)O)C1. The fourth-order valence-corrected chi connectivity index (χ4v) is 2.27. The lowest BCUT2D eigenvalue weighted by Crippen LogP contribution is -2.48. The molecule has 1 aliphatic heterocycles. The van der Waals surface area contributed by atoms with Crippen molar-refractivity contribution in [2.75, 3.05) is 33.3 Å². The molecule has 0 radical (unpaired) electrons. The highest BCUT2D eigenvalue weighted by Crippen LogP contribution is 2.13. The molecule has 0 bridgehead atoms. The van der Waals surface area contributed by atoms with E-state index >= 15 is 0 Å². The largest absolute Gasteiger partial charge is 0.480 e. The number of nitrogens with one attached hydrogen (secondary N) is 2. The molecule has 7 nitrogen and oxygen atoms in total. The Hall–Kier alpha value is -1.34. The van der Waals surface area contributed by atoms with Gasteiger partial charge in [-0.15, -0.1) is 0 Å². The second-order valence-corrected chi connectivity index (χ2v) is 5.03. The van der Waals surface area contributed by atoms with Crippen LogP contribution in [-0.2, 0) is 4.79 Å². The number of carboxylic acids is 1. The van der Waals surface area contributed by atoms with Crippen molar-refractivity contribution >= 4 is 12.0 Å². The number of carbonyl (C=O) groups excluding carboxylic acids is 1. The molecule has 1 unspecified atom stereocenters. The highest BCUT2D eigenvalue weighted by molar-refractivity contribution is 5.82. The van der Waals surface area contributed by atoms with Crippen molar-refractivity contribution < 1.29 is 19.8 Å². The van der Waals surface area contributed by atoms with E-state index in [-0.39, 0.29) is 13.0 Å². The molecule has 4 N–H and O–H groups in total. The minimum absolute atomic E-state index is 0.00885. The molecule has 1 fully saturated rings. The molecule has 0 aromatic rings. The van der Waals surface area contributed by atoms with Crippen LogP contribution in [0.1, 0.15) is 19.3 Å². The lowest BCUT2D eigenvalue weighted by Gasteiger charge is -2.29. The molecule has 0 aliphatic carbocycles. The number of rotatable bonds is 6. The summed E-state index contributed by atoms with van der Waals surface area (Å²) in [5.41, 5.74) is 0. The first-order valence-corrected chi connectivity index (χ1v) is 6.59. The minimum atomic E-state index is -1.14. The molecule has 1 rings (SSSR count). The second kappa shape index (κ2) is 7.96. The topological polar surface area (TPSA) is 102 Å². The number of nitrogens with zero attached hydrogens (tertiary/aromatic N) is 1. The molecule has 0 spiro atoms. The quantitative estimate of drug-likeness (QED) is 0.521. The van der Waals surface area contributed by atoms with Gasteiger partial charge in [0, 0.05) is 26.1 Å². The Balaban J connectivity index is 2.28. The minimum Gasteiger partial charge on any atom is -0.480 e. The van der Waals surface area contributed by atoms with Crippen LogP contribution in [0, 0.1) is 5.92 Å². The Morgan fingerprint density at radius 1 is 1.47 bits per heavy atom. The summed E-state index contributed by atoms with van der Waals surface area (Å²) in [6, 6.07) is -1.53. The predicted octanol–water partition coefficient (Wildman–Crippen LogP) is -0.537. The zero-order valence-electron chi connectivity index (χ0n) is 11.3. The van der Waals surface area contributed by atoms with E-state index < -0.39 is 18.0 Å². The van der Waals surface area contributed by atoms with Gasteiger partial charge in [0.25, 0.3) is 0 Å². The molecule has 2 atom stereocenters. The van der Waals surface area contributed by atoms with Crippen LogP contribution in [0.2, 0.25) is 0 Å². The Morgan fingerprint density at radius 3 is 2.79 bits per heavy atom. The summed E-state index contributed by atoms with van der Waals surface area (Å²) in [6.07, 6.45) is 2.20. The van der Waals surface area contributed by atoms with Gasteiger partial charge in [0.2, 0.25) is 0 Å². The van der Waals surface area contributed by atoms with Gasteiger partial charge in [-0.2, -0.15) is 0 Å². The molecule has 1 heterocycles. The molecule has 1 saturated heterocycles. The number of likely N-dealkylation sites (tertiary alicyclic amines) is 1. The lowest BCUT2D eigenvalue weighted by molar-refractivity contribution is -0.139. The van der Waals surface area contributed by atoms with E-state index in [0.717, 1.165) is 25.9 Å². The average Bonchev–Trinajstić information content (AvgIpc) is 2.36. The smallest absolute Gasteiger partial charge is 0.326 e. The van der Waals surface area contributed by atoms with Gasteiger partial charge in [-0.1, -0.05) is 0 Å². The van der Waals surface area contributed by atoms with Gasteiger partial charge in [0.1, 0.15) is 6.04 Å². The van der Waals surface area contributed by atoms with Crippen LogP contribution in [0.25, 0.3) is 0 Å². The summed E-state index contributed by atoms with van der Waals surface area (Å²) >= 11 is 0. The van der Waals surface area contributed by atoms with Crippen molar-refractivity contribution in [3.63, 3.8) is 0 Å². The third-order valence-corrected chi connectivity index (χ3v) is 3.29. The number of hydrogen-bond acceptors (Lipinski definition) is 4. The number of piperidine rings is 1. The van der Waals surface area contributed by atoms with Crippen LogP contribution in [0.3, 0.4) is 0 Å². The molecule has 0 saturated carbocycles. The maximum atomic E-state index is 11.6. The third-order valence-electron chi connectivity index (χ3n) is 3.29. The number of amides is 2. The molecule has 110 valence electrons. The summed E-state index contributed by atoms with van der Waals surface area (Å²) < 4.78 is 0. The number of aliphatic hydroxyl groups excluding tert-OH is 1. The lowest BCUT2D eigenvalue weighted by atomic mass is 9.99. The van der Waals surface area contributed by atoms with Crippen molar-refractivity contribution in [1.82, 2.24) is 15.5 Å². The Labute approximate surface area is 113 Å². The monoisotopic (exact) mass is 273 g/mol. The van der Waals surface area contributed by atoms with Crippen LogP contribution in [0.15, 0.2) is 0 Å². The summed E-state index contributed by atoms with van der Waals surface area (Å²) in [6.45, 7) is 2.30. The number of aliphatic carboxylic acids is 1. The maximum Gasteiger partial charge on any atom is 0.326 e. The standard InChI is InChI=1S/C12H23N3O4/c1-15-5-2-3-9(8-15)7-13-12(19)14-10(4-6-16)11(17)18/h9-10,16H,2-8H2,1H3,(H,17,18)(H2,13,14,19)/t9?,10-/m0/s1. The Kier molecular flexibility index (Phi) is 6.58. The molecular weight excluding hydrogens is 250 g/mol. The second-order valence-electron chi connectivity index (χ2n) is 5.03. The van der Waals surface area contributed by atoms with Crippen molar-refractivity contribution in [1.29, 1.82) is 0 Å². The summed E-state index contributed by atoms with van der Waals surface area (Å²) in [4.78, 5) is 24.6. The molecule has 19 heavy (non-hydrogen) atoms. The van der Waals surface area contributed by atoms with Crippen molar-refractivity contribution in [3.8, 4) is 0 Å². The normalized spacial score (nSPS) is 21.7. The molecular formula is C12H23N3O4. The number of aliphatic hydroxyl groups is 1. The number of carboxylic acid groups (broad SMARTS) is 1. The zero-order chi connectivity index (χ0) is 14.3. The summed E-state index contributed by atoms with van der Waals surface area (Å²) in [7, 11) is 2.05. The van der Waals surface area contributed by atoms with E-state index in [9.17, 15) is 9.59 Å². The van der Waals surface area contributed by atoms with E-state index in [0.29, 0.717) is 12.5 Å². The highest BCUT2D eigenvalue weighted by Gasteiger charge is 2.21. The van der Waals surface area contributed by atoms with E-state index in [1.165, 1.54) is 0 Å². The van der Waals surface area contributed by atoms with Gasteiger partial charge in [0.05, 0.1) is 0 Å². The Bertz CT molecular complexity index is 311. The third kappa shape index (κ3) is 5.89.